The highest BCUT2D eigenvalue weighted by Gasteiger charge is 2.11. The second-order valence-electron chi connectivity index (χ2n) is 3.66. The van der Waals surface area contributed by atoms with Crippen molar-refractivity contribution in [2.75, 3.05) is 0 Å². The predicted octanol–water partition coefficient (Wildman–Crippen LogP) is 3.28. The minimum absolute atomic E-state index is 0.0325. The Kier molecular flexibility index (Phi) is 4.08. The molecule has 6 heteroatoms. The van der Waals surface area contributed by atoms with Crippen molar-refractivity contribution in [3.63, 3.8) is 0 Å². The van der Waals surface area contributed by atoms with Crippen molar-refractivity contribution in [2.45, 2.75) is 13.5 Å². The quantitative estimate of drug-likeness (QED) is 0.939. The zero-order chi connectivity index (χ0) is 13.1. The maximum absolute atomic E-state index is 13.5. The number of halogens is 2. The summed E-state index contributed by atoms with van der Waals surface area (Å²) in [5.74, 6) is -0.984. The molecular formula is C12H10BrFN2OS. The molecule has 18 heavy (non-hydrogen) atoms. The Morgan fingerprint density at radius 1 is 1.56 bits per heavy atom. The van der Waals surface area contributed by atoms with Gasteiger partial charge in [0.15, 0.2) is 0 Å². The topological polar surface area (TPSA) is 42.0 Å². The summed E-state index contributed by atoms with van der Waals surface area (Å²) in [4.78, 5) is 16.0. The van der Waals surface area contributed by atoms with Crippen molar-refractivity contribution in [1.82, 2.24) is 10.3 Å². The first-order chi connectivity index (χ1) is 8.56. The normalized spacial score (nSPS) is 10.4. The molecule has 2 aromatic rings. The van der Waals surface area contributed by atoms with Crippen LogP contribution in [0.25, 0.3) is 0 Å². The van der Waals surface area contributed by atoms with Gasteiger partial charge in [-0.15, -0.1) is 11.3 Å². The van der Waals surface area contributed by atoms with Gasteiger partial charge in [-0.1, -0.05) is 15.9 Å². The van der Waals surface area contributed by atoms with Gasteiger partial charge in [0.2, 0.25) is 0 Å². The van der Waals surface area contributed by atoms with E-state index in [0.717, 1.165) is 10.7 Å². The van der Waals surface area contributed by atoms with Crippen molar-refractivity contribution < 1.29 is 9.18 Å². The Bertz CT molecular complexity index is 585. The number of nitrogens with zero attached hydrogens (tertiary/aromatic N) is 1. The predicted molar refractivity (Wildman–Crippen MR) is 72.1 cm³/mol. The molecule has 3 nitrogen and oxygen atoms in total. The molecule has 0 saturated heterocycles. The largest absolute Gasteiger partial charge is 0.346 e. The first-order valence-corrected chi connectivity index (χ1v) is 6.88. The molecule has 94 valence electrons. The first-order valence-electron chi connectivity index (χ1n) is 5.20. The number of amides is 1. The van der Waals surface area contributed by atoms with Crippen LogP contribution in [-0.2, 0) is 6.54 Å². The van der Waals surface area contributed by atoms with Crippen LogP contribution in [-0.4, -0.2) is 10.9 Å². The monoisotopic (exact) mass is 328 g/mol. The van der Waals surface area contributed by atoms with Crippen LogP contribution in [0.3, 0.4) is 0 Å². The van der Waals surface area contributed by atoms with Crippen LogP contribution in [0, 0.1) is 12.7 Å². The number of aromatic nitrogens is 1. The van der Waals surface area contributed by atoms with E-state index in [0.29, 0.717) is 11.0 Å². The molecule has 0 atom stereocenters. The summed E-state index contributed by atoms with van der Waals surface area (Å²) in [5, 5.41) is 5.45. The Labute approximate surface area is 116 Å². The Balaban J connectivity index is 2.03. The van der Waals surface area contributed by atoms with Gasteiger partial charge in [-0.3, -0.25) is 4.79 Å². The fourth-order valence-corrected chi connectivity index (χ4v) is 2.37. The lowest BCUT2D eigenvalue weighted by atomic mass is 10.2. The lowest BCUT2D eigenvalue weighted by Gasteiger charge is -2.04. The number of nitrogens with one attached hydrogen (secondary N) is 1. The summed E-state index contributed by atoms with van der Waals surface area (Å²) in [5.41, 5.74) is 0.813. The Hall–Kier alpha value is -1.27. The van der Waals surface area contributed by atoms with Gasteiger partial charge in [0, 0.05) is 9.85 Å². The van der Waals surface area contributed by atoms with Gasteiger partial charge < -0.3 is 5.32 Å². The molecule has 1 heterocycles. The van der Waals surface area contributed by atoms with Gasteiger partial charge in [-0.25, -0.2) is 9.37 Å². The number of carbonyl (C=O) groups is 1. The number of thiazole rings is 1. The number of benzene rings is 1. The van der Waals surface area contributed by atoms with Crippen LogP contribution in [0.5, 0.6) is 0 Å². The molecule has 1 N–H and O–H groups in total. The van der Waals surface area contributed by atoms with Crippen LogP contribution in [0.15, 0.2) is 28.1 Å². The maximum Gasteiger partial charge on any atom is 0.254 e. The molecule has 0 aliphatic rings. The Morgan fingerprint density at radius 2 is 2.33 bits per heavy atom. The van der Waals surface area contributed by atoms with Crippen molar-refractivity contribution in [2.24, 2.45) is 0 Å². The van der Waals surface area contributed by atoms with Gasteiger partial charge in [0.25, 0.3) is 5.91 Å². The maximum atomic E-state index is 13.5. The van der Waals surface area contributed by atoms with Crippen LogP contribution < -0.4 is 5.32 Å². The number of hydrogen-bond acceptors (Lipinski definition) is 3. The molecule has 1 aromatic carbocycles. The molecule has 0 spiro atoms. The van der Waals surface area contributed by atoms with E-state index in [4.69, 9.17) is 0 Å². The smallest absolute Gasteiger partial charge is 0.254 e. The molecule has 0 aliphatic heterocycles. The molecule has 0 saturated carbocycles. The summed E-state index contributed by atoms with van der Waals surface area (Å²) in [6, 6.07) is 4.34. The molecule has 0 fully saturated rings. The van der Waals surface area contributed by atoms with Gasteiger partial charge in [0.05, 0.1) is 22.8 Å². The second-order valence-corrected chi connectivity index (χ2v) is 5.64. The average molecular weight is 329 g/mol. The van der Waals surface area contributed by atoms with E-state index in [1.54, 1.807) is 6.07 Å². The van der Waals surface area contributed by atoms with Gasteiger partial charge in [-0.05, 0) is 25.1 Å². The number of hydrogen-bond donors (Lipinski definition) is 1. The van der Waals surface area contributed by atoms with Gasteiger partial charge >= 0.3 is 0 Å². The molecule has 0 unspecified atom stereocenters. The highest BCUT2D eigenvalue weighted by Crippen LogP contribution is 2.15. The summed E-state index contributed by atoms with van der Waals surface area (Å²) in [6.07, 6.45) is 0. The van der Waals surface area contributed by atoms with E-state index in [2.05, 4.69) is 26.2 Å². The van der Waals surface area contributed by atoms with E-state index in [1.807, 2.05) is 12.3 Å². The summed E-state index contributed by atoms with van der Waals surface area (Å²) in [6.45, 7) is 2.20. The standard InChI is InChI=1S/C12H10BrFN2OS/c1-7-16-9(6-18-7)5-15-12(17)10-3-2-8(13)4-11(10)14/h2-4,6H,5H2,1H3,(H,15,17). The van der Waals surface area contributed by atoms with E-state index in [1.165, 1.54) is 23.5 Å². The number of carbonyl (C=O) groups excluding carboxylic acids is 1. The second kappa shape index (κ2) is 5.58. The van der Waals surface area contributed by atoms with Crippen LogP contribution in [0.4, 0.5) is 4.39 Å². The highest BCUT2D eigenvalue weighted by atomic mass is 79.9. The molecular weight excluding hydrogens is 319 g/mol. The first kappa shape index (κ1) is 13.2. The van der Waals surface area contributed by atoms with Crippen molar-refractivity contribution >= 4 is 33.2 Å². The van der Waals surface area contributed by atoms with Crippen LogP contribution in [0.2, 0.25) is 0 Å². The van der Waals surface area contributed by atoms with E-state index < -0.39 is 11.7 Å². The Morgan fingerprint density at radius 3 is 2.94 bits per heavy atom. The van der Waals surface area contributed by atoms with E-state index in [9.17, 15) is 9.18 Å². The fraction of sp³-hybridized carbons (Fsp3) is 0.167. The fourth-order valence-electron chi connectivity index (χ4n) is 1.43. The zero-order valence-corrected chi connectivity index (χ0v) is 11.9. The molecule has 2 rings (SSSR count). The molecule has 0 radical (unpaired) electrons. The van der Waals surface area contributed by atoms with E-state index >= 15 is 0 Å². The minimum atomic E-state index is -0.545. The van der Waals surface area contributed by atoms with Gasteiger partial charge in [0.1, 0.15) is 5.82 Å². The average Bonchev–Trinajstić information content (AvgIpc) is 2.72. The van der Waals surface area contributed by atoms with Crippen molar-refractivity contribution in [1.29, 1.82) is 0 Å². The minimum Gasteiger partial charge on any atom is -0.346 e. The third-order valence-electron chi connectivity index (χ3n) is 2.27. The van der Waals surface area contributed by atoms with Crippen molar-refractivity contribution in [3.8, 4) is 0 Å². The summed E-state index contributed by atoms with van der Waals surface area (Å²) < 4.78 is 14.1. The molecule has 0 aliphatic carbocycles. The van der Waals surface area contributed by atoms with Crippen molar-refractivity contribution in [3.05, 3.63) is 50.1 Å². The van der Waals surface area contributed by atoms with Crippen LogP contribution in [0.1, 0.15) is 21.1 Å². The molecule has 0 bridgehead atoms. The third-order valence-corrected chi connectivity index (χ3v) is 3.59. The summed E-state index contributed by atoms with van der Waals surface area (Å²) >= 11 is 4.66. The van der Waals surface area contributed by atoms with Crippen LogP contribution >= 0.6 is 27.3 Å². The number of rotatable bonds is 3. The third kappa shape index (κ3) is 3.14. The van der Waals surface area contributed by atoms with Gasteiger partial charge in [-0.2, -0.15) is 0 Å². The van der Waals surface area contributed by atoms with E-state index in [-0.39, 0.29) is 5.56 Å². The lowest BCUT2D eigenvalue weighted by Crippen LogP contribution is -2.24. The SMILES string of the molecule is Cc1nc(CNC(=O)c2ccc(Br)cc2F)cs1. The molecule has 1 amide bonds. The summed E-state index contributed by atoms with van der Waals surface area (Å²) in [7, 11) is 0. The molecule has 1 aromatic heterocycles. The highest BCUT2D eigenvalue weighted by molar-refractivity contribution is 9.10. The lowest BCUT2D eigenvalue weighted by molar-refractivity contribution is 0.0946. The number of aryl methyl sites for hydroxylation is 1. The zero-order valence-electron chi connectivity index (χ0n) is 9.54.